The van der Waals surface area contributed by atoms with Crippen LogP contribution in [0.15, 0.2) is 48.5 Å². The Morgan fingerprint density at radius 1 is 1.04 bits per heavy atom. The van der Waals surface area contributed by atoms with Crippen molar-refractivity contribution in [2.24, 2.45) is 0 Å². The Balaban J connectivity index is 2.28. The van der Waals surface area contributed by atoms with Gasteiger partial charge in [-0.05, 0) is 49.4 Å². The van der Waals surface area contributed by atoms with E-state index < -0.39 is 10.0 Å². The maximum atomic E-state index is 12.7. The van der Waals surface area contributed by atoms with Gasteiger partial charge in [-0.2, -0.15) is 0 Å². The van der Waals surface area contributed by atoms with E-state index in [4.69, 9.17) is 4.74 Å². The summed E-state index contributed by atoms with van der Waals surface area (Å²) < 4.78 is 30.3. The van der Waals surface area contributed by atoms with Gasteiger partial charge in [-0.3, -0.25) is 9.10 Å². The lowest BCUT2D eigenvalue weighted by molar-refractivity contribution is 0.0993. The standard InChI is InChI=1S/C18H22N2O4S/c1-5-25(22,23)20(3)16-8-6-7-14(13-16)18(21)19(2)15-9-11-17(24-4)12-10-15/h6-13H,5H2,1-4H3. The van der Waals surface area contributed by atoms with Gasteiger partial charge in [-0.25, -0.2) is 8.42 Å². The molecule has 0 fully saturated rings. The van der Waals surface area contributed by atoms with Gasteiger partial charge in [0.25, 0.3) is 5.91 Å². The molecule has 0 heterocycles. The van der Waals surface area contributed by atoms with Gasteiger partial charge in [0.1, 0.15) is 5.75 Å². The van der Waals surface area contributed by atoms with E-state index in [9.17, 15) is 13.2 Å². The molecule has 0 atom stereocenters. The molecule has 134 valence electrons. The lowest BCUT2D eigenvalue weighted by atomic mass is 10.1. The van der Waals surface area contributed by atoms with E-state index in [0.717, 1.165) is 0 Å². The normalized spacial score (nSPS) is 11.0. The van der Waals surface area contributed by atoms with E-state index in [1.54, 1.807) is 69.6 Å². The van der Waals surface area contributed by atoms with Gasteiger partial charge in [0.2, 0.25) is 10.0 Å². The largest absolute Gasteiger partial charge is 0.497 e. The highest BCUT2D eigenvalue weighted by atomic mass is 32.2. The number of rotatable bonds is 6. The molecule has 0 aliphatic rings. The fourth-order valence-corrected chi connectivity index (χ4v) is 3.13. The Morgan fingerprint density at radius 3 is 2.24 bits per heavy atom. The monoisotopic (exact) mass is 362 g/mol. The van der Waals surface area contributed by atoms with Gasteiger partial charge in [0.05, 0.1) is 18.6 Å². The third-order valence-corrected chi connectivity index (χ3v) is 5.78. The number of amides is 1. The third-order valence-electron chi connectivity index (χ3n) is 4.00. The molecule has 0 radical (unpaired) electrons. The second kappa shape index (κ2) is 7.57. The highest BCUT2D eigenvalue weighted by Crippen LogP contribution is 2.22. The first kappa shape index (κ1) is 18.8. The SMILES string of the molecule is CCS(=O)(=O)N(C)c1cccc(C(=O)N(C)c2ccc(OC)cc2)c1. The molecule has 0 aromatic heterocycles. The third kappa shape index (κ3) is 4.11. The van der Waals surface area contributed by atoms with E-state index >= 15 is 0 Å². The molecular weight excluding hydrogens is 340 g/mol. The van der Waals surface area contributed by atoms with Gasteiger partial charge >= 0.3 is 0 Å². The van der Waals surface area contributed by atoms with Crippen molar-refractivity contribution in [3.63, 3.8) is 0 Å². The summed E-state index contributed by atoms with van der Waals surface area (Å²) in [6.45, 7) is 1.58. The van der Waals surface area contributed by atoms with Crippen LogP contribution in [-0.2, 0) is 10.0 Å². The summed E-state index contributed by atoms with van der Waals surface area (Å²) in [6, 6.07) is 13.7. The maximum Gasteiger partial charge on any atom is 0.258 e. The summed E-state index contributed by atoms with van der Waals surface area (Å²) in [7, 11) is 1.35. The first-order chi connectivity index (χ1) is 11.8. The number of methoxy groups -OCH3 is 1. The Bertz CT molecular complexity index is 848. The number of carbonyl (C=O) groups is 1. The van der Waals surface area contributed by atoms with Crippen LogP contribution in [-0.4, -0.2) is 41.3 Å². The smallest absolute Gasteiger partial charge is 0.258 e. The van der Waals surface area contributed by atoms with Gasteiger partial charge < -0.3 is 9.64 Å². The molecule has 6 nitrogen and oxygen atoms in total. The van der Waals surface area contributed by atoms with E-state index in [1.807, 2.05) is 0 Å². The quantitative estimate of drug-likeness (QED) is 0.792. The van der Waals surface area contributed by atoms with Crippen molar-refractivity contribution in [3.05, 3.63) is 54.1 Å². The summed E-state index contributed by atoms with van der Waals surface area (Å²) in [6.07, 6.45) is 0. The Hall–Kier alpha value is -2.54. The Labute approximate surface area is 148 Å². The molecule has 2 rings (SSSR count). The molecule has 0 saturated carbocycles. The molecule has 0 spiro atoms. The van der Waals surface area contributed by atoms with Gasteiger partial charge in [-0.15, -0.1) is 0 Å². The number of benzene rings is 2. The van der Waals surface area contributed by atoms with Crippen LogP contribution >= 0.6 is 0 Å². The summed E-state index contributed by atoms with van der Waals surface area (Å²) in [5.74, 6) is 0.472. The van der Waals surface area contributed by atoms with Crippen LogP contribution in [0, 0.1) is 0 Å². The molecular formula is C18H22N2O4S. The number of anilines is 2. The van der Waals surface area contributed by atoms with E-state index in [1.165, 1.54) is 16.3 Å². The van der Waals surface area contributed by atoms with E-state index in [2.05, 4.69) is 0 Å². The fraction of sp³-hybridized carbons (Fsp3) is 0.278. The van der Waals surface area contributed by atoms with Crippen LogP contribution < -0.4 is 13.9 Å². The molecule has 7 heteroatoms. The minimum absolute atomic E-state index is 0.00652. The van der Waals surface area contributed by atoms with Crippen LogP contribution in [0.5, 0.6) is 5.75 Å². The number of nitrogens with zero attached hydrogens (tertiary/aromatic N) is 2. The average Bonchev–Trinajstić information content (AvgIpc) is 2.66. The van der Waals surface area contributed by atoms with Gasteiger partial charge in [0.15, 0.2) is 0 Å². The molecule has 0 N–H and O–H groups in total. The van der Waals surface area contributed by atoms with Crippen LogP contribution in [0.4, 0.5) is 11.4 Å². The molecule has 1 amide bonds. The molecule has 0 bridgehead atoms. The van der Waals surface area contributed by atoms with Crippen LogP contribution in [0.3, 0.4) is 0 Å². The van der Waals surface area contributed by atoms with Gasteiger partial charge in [0, 0.05) is 25.3 Å². The van der Waals surface area contributed by atoms with Crippen LogP contribution in [0.1, 0.15) is 17.3 Å². The number of carbonyl (C=O) groups excluding carboxylic acids is 1. The average molecular weight is 362 g/mol. The zero-order valence-corrected chi connectivity index (χ0v) is 15.6. The van der Waals surface area contributed by atoms with E-state index in [-0.39, 0.29) is 11.7 Å². The van der Waals surface area contributed by atoms with Crippen LogP contribution in [0.2, 0.25) is 0 Å². The maximum absolute atomic E-state index is 12.7. The topological polar surface area (TPSA) is 66.9 Å². The first-order valence-corrected chi connectivity index (χ1v) is 9.40. The zero-order chi connectivity index (χ0) is 18.6. The van der Waals surface area contributed by atoms with Crippen molar-refractivity contribution < 1.29 is 17.9 Å². The number of hydrogen-bond acceptors (Lipinski definition) is 4. The highest BCUT2D eigenvalue weighted by Gasteiger charge is 2.19. The Morgan fingerprint density at radius 2 is 1.68 bits per heavy atom. The van der Waals surface area contributed by atoms with Crippen molar-refractivity contribution in [3.8, 4) is 5.75 Å². The number of ether oxygens (including phenoxy) is 1. The van der Waals surface area contributed by atoms with Crippen molar-refractivity contribution in [2.75, 3.05) is 36.2 Å². The predicted octanol–water partition coefficient (Wildman–Crippen LogP) is 2.76. The predicted molar refractivity (Wildman–Crippen MR) is 100 cm³/mol. The van der Waals surface area contributed by atoms with Gasteiger partial charge in [-0.1, -0.05) is 6.07 Å². The Kier molecular flexibility index (Phi) is 5.69. The molecule has 0 aliphatic carbocycles. The molecule has 0 saturated heterocycles. The summed E-state index contributed by atoms with van der Waals surface area (Å²) in [4.78, 5) is 14.2. The molecule has 0 aliphatic heterocycles. The summed E-state index contributed by atoms with van der Waals surface area (Å²) in [5, 5.41) is 0. The molecule has 25 heavy (non-hydrogen) atoms. The van der Waals surface area contributed by atoms with Crippen molar-refractivity contribution in [2.45, 2.75) is 6.92 Å². The second-order valence-corrected chi connectivity index (χ2v) is 7.77. The summed E-state index contributed by atoms with van der Waals surface area (Å²) in [5.41, 5.74) is 1.58. The molecule has 2 aromatic carbocycles. The van der Waals surface area contributed by atoms with Crippen molar-refractivity contribution in [1.82, 2.24) is 0 Å². The summed E-state index contributed by atoms with van der Waals surface area (Å²) >= 11 is 0. The van der Waals surface area contributed by atoms with Crippen molar-refractivity contribution >= 4 is 27.3 Å². The number of hydrogen-bond donors (Lipinski definition) is 0. The number of sulfonamides is 1. The lowest BCUT2D eigenvalue weighted by Gasteiger charge is -2.21. The van der Waals surface area contributed by atoms with Crippen molar-refractivity contribution in [1.29, 1.82) is 0 Å². The minimum atomic E-state index is -3.38. The zero-order valence-electron chi connectivity index (χ0n) is 14.8. The minimum Gasteiger partial charge on any atom is -0.497 e. The fourth-order valence-electron chi connectivity index (χ4n) is 2.31. The van der Waals surface area contributed by atoms with Crippen LogP contribution in [0.25, 0.3) is 0 Å². The highest BCUT2D eigenvalue weighted by molar-refractivity contribution is 7.92. The first-order valence-electron chi connectivity index (χ1n) is 7.79. The molecule has 0 unspecified atom stereocenters. The molecule has 2 aromatic rings. The second-order valence-electron chi connectivity index (χ2n) is 5.48. The lowest BCUT2D eigenvalue weighted by Crippen LogP contribution is -2.29. The van der Waals surface area contributed by atoms with E-state index in [0.29, 0.717) is 22.7 Å².